The van der Waals surface area contributed by atoms with Gasteiger partial charge in [0.15, 0.2) is 0 Å². The topological polar surface area (TPSA) is 89.3 Å². The molecule has 0 saturated carbocycles. The third kappa shape index (κ3) is 4.47. The Kier molecular flexibility index (Phi) is 5.63. The van der Waals surface area contributed by atoms with Gasteiger partial charge in [0.05, 0.1) is 6.42 Å². The van der Waals surface area contributed by atoms with Crippen LogP contribution in [-0.4, -0.2) is 70.6 Å². The van der Waals surface area contributed by atoms with Gasteiger partial charge in [0.1, 0.15) is 0 Å². The number of rotatable bonds is 5. The Morgan fingerprint density at radius 1 is 1.24 bits per heavy atom. The van der Waals surface area contributed by atoms with E-state index < -0.39 is 11.1 Å². The van der Waals surface area contributed by atoms with Crippen LogP contribution >= 0.6 is 11.8 Å². The third-order valence-electron chi connectivity index (χ3n) is 3.57. The molecule has 2 N–H and O–H groups in total. The van der Waals surface area contributed by atoms with Gasteiger partial charge in [-0.1, -0.05) is 0 Å². The Hall–Kier alpha value is -1.54. The normalized spacial score (nSPS) is 16.1. The maximum absolute atomic E-state index is 12.2. The van der Waals surface area contributed by atoms with E-state index >= 15 is 0 Å². The molecule has 1 aliphatic heterocycles. The molecule has 116 valence electrons. The van der Waals surface area contributed by atoms with E-state index in [0.717, 1.165) is 25.4 Å². The number of piperazine rings is 1. The second-order valence-electron chi connectivity index (χ2n) is 5.00. The molecule has 7 nitrogen and oxygen atoms in total. The van der Waals surface area contributed by atoms with Crippen molar-refractivity contribution in [1.82, 2.24) is 20.0 Å². The molecule has 1 fully saturated rings. The highest BCUT2D eigenvalue weighted by Gasteiger charge is 2.21. The molecule has 1 aromatic rings. The molecule has 1 saturated heterocycles. The van der Waals surface area contributed by atoms with Crippen molar-refractivity contribution < 1.29 is 4.79 Å². The molecule has 21 heavy (non-hydrogen) atoms. The minimum absolute atomic E-state index is 0.0237. The summed E-state index contributed by atoms with van der Waals surface area (Å²) in [7, 11) is 0. The molecular weight excluding hydrogens is 292 g/mol. The highest BCUT2D eigenvalue weighted by molar-refractivity contribution is 7.98. The SMILES string of the molecule is CSCCN1CCN(C(=O)Cc2cc(=O)[nH][nH]c2=O)CC1. The van der Waals surface area contributed by atoms with Crippen LogP contribution in [-0.2, 0) is 11.2 Å². The van der Waals surface area contributed by atoms with Crippen LogP contribution in [0.15, 0.2) is 15.7 Å². The number of nitrogens with zero attached hydrogens (tertiary/aromatic N) is 2. The van der Waals surface area contributed by atoms with E-state index in [9.17, 15) is 14.4 Å². The van der Waals surface area contributed by atoms with Crippen molar-refractivity contribution in [2.75, 3.05) is 44.7 Å². The predicted octanol–water partition coefficient (Wildman–Crippen LogP) is -0.887. The van der Waals surface area contributed by atoms with E-state index in [2.05, 4.69) is 21.4 Å². The number of carbonyl (C=O) groups excluding carboxylic acids is 1. The van der Waals surface area contributed by atoms with Crippen molar-refractivity contribution in [2.45, 2.75) is 6.42 Å². The van der Waals surface area contributed by atoms with Gasteiger partial charge < -0.3 is 4.90 Å². The average Bonchev–Trinajstić information content (AvgIpc) is 2.49. The fourth-order valence-electron chi connectivity index (χ4n) is 2.31. The first-order valence-electron chi connectivity index (χ1n) is 6.90. The molecule has 0 unspecified atom stereocenters. The quantitative estimate of drug-likeness (QED) is 0.736. The van der Waals surface area contributed by atoms with Gasteiger partial charge in [0.2, 0.25) is 5.91 Å². The van der Waals surface area contributed by atoms with Crippen molar-refractivity contribution in [2.24, 2.45) is 0 Å². The number of H-pyrrole nitrogens is 2. The highest BCUT2D eigenvalue weighted by Crippen LogP contribution is 2.05. The molecule has 0 spiro atoms. The lowest BCUT2D eigenvalue weighted by Gasteiger charge is -2.34. The Balaban J connectivity index is 1.89. The van der Waals surface area contributed by atoms with Crippen molar-refractivity contribution in [3.63, 3.8) is 0 Å². The number of amides is 1. The van der Waals surface area contributed by atoms with Gasteiger partial charge in [-0.3, -0.25) is 29.5 Å². The second-order valence-corrected chi connectivity index (χ2v) is 5.99. The molecule has 1 amide bonds. The van der Waals surface area contributed by atoms with Crippen LogP contribution in [0, 0.1) is 0 Å². The third-order valence-corrected chi connectivity index (χ3v) is 4.17. The first-order chi connectivity index (χ1) is 10.1. The lowest BCUT2D eigenvalue weighted by Crippen LogP contribution is -2.49. The zero-order chi connectivity index (χ0) is 15.2. The molecular formula is C13H20N4O3S. The van der Waals surface area contributed by atoms with Gasteiger partial charge in [-0.25, -0.2) is 0 Å². The summed E-state index contributed by atoms with van der Waals surface area (Å²) in [6.45, 7) is 4.11. The van der Waals surface area contributed by atoms with E-state index in [1.165, 1.54) is 6.07 Å². The Morgan fingerprint density at radius 2 is 1.95 bits per heavy atom. The van der Waals surface area contributed by atoms with Crippen LogP contribution in [0.1, 0.15) is 5.56 Å². The lowest BCUT2D eigenvalue weighted by atomic mass is 10.2. The summed E-state index contributed by atoms with van der Waals surface area (Å²) in [5, 5.41) is 4.42. The zero-order valence-electron chi connectivity index (χ0n) is 12.1. The summed E-state index contributed by atoms with van der Waals surface area (Å²) < 4.78 is 0. The van der Waals surface area contributed by atoms with E-state index in [0.29, 0.717) is 13.1 Å². The van der Waals surface area contributed by atoms with Gasteiger partial charge in [0, 0.05) is 50.1 Å². The predicted molar refractivity (Wildman–Crippen MR) is 82.8 cm³/mol. The molecule has 8 heteroatoms. The fraction of sp³-hybridized carbons (Fsp3) is 0.615. The Bertz CT molecular complexity index is 590. The van der Waals surface area contributed by atoms with Crippen LogP contribution in [0.2, 0.25) is 0 Å². The first-order valence-corrected chi connectivity index (χ1v) is 8.29. The van der Waals surface area contributed by atoms with Crippen molar-refractivity contribution in [3.05, 3.63) is 32.3 Å². The molecule has 0 radical (unpaired) electrons. The van der Waals surface area contributed by atoms with Crippen LogP contribution in [0.25, 0.3) is 0 Å². The number of nitrogens with one attached hydrogen (secondary N) is 2. The monoisotopic (exact) mass is 312 g/mol. The summed E-state index contributed by atoms with van der Waals surface area (Å²) >= 11 is 1.81. The van der Waals surface area contributed by atoms with Crippen LogP contribution in [0.4, 0.5) is 0 Å². The van der Waals surface area contributed by atoms with E-state index in [-0.39, 0.29) is 17.9 Å². The number of carbonyl (C=O) groups is 1. The molecule has 0 bridgehead atoms. The molecule has 0 aliphatic carbocycles. The summed E-state index contributed by atoms with van der Waals surface area (Å²) in [4.78, 5) is 39.0. The zero-order valence-corrected chi connectivity index (χ0v) is 12.9. The molecule has 1 aliphatic rings. The minimum atomic E-state index is -0.415. The van der Waals surface area contributed by atoms with Crippen molar-refractivity contribution in [1.29, 1.82) is 0 Å². The van der Waals surface area contributed by atoms with E-state index in [4.69, 9.17) is 0 Å². The number of thioether (sulfide) groups is 1. The molecule has 2 rings (SSSR count). The summed E-state index contributed by atoms with van der Waals surface area (Å²) in [5.74, 6) is 0.992. The van der Waals surface area contributed by atoms with E-state index in [1.54, 1.807) is 4.90 Å². The second kappa shape index (κ2) is 7.46. The summed E-state index contributed by atoms with van der Waals surface area (Å²) in [5.41, 5.74) is -0.602. The van der Waals surface area contributed by atoms with E-state index in [1.807, 2.05) is 11.8 Å². The summed E-state index contributed by atoms with van der Waals surface area (Å²) in [6, 6.07) is 1.19. The first kappa shape index (κ1) is 15.8. The van der Waals surface area contributed by atoms with Gasteiger partial charge >= 0.3 is 0 Å². The largest absolute Gasteiger partial charge is 0.340 e. The van der Waals surface area contributed by atoms with Gasteiger partial charge in [-0.2, -0.15) is 11.8 Å². The van der Waals surface area contributed by atoms with Crippen LogP contribution in [0.5, 0.6) is 0 Å². The van der Waals surface area contributed by atoms with Crippen LogP contribution < -0.4 is 11.1 Å². The van der Waals surface area contributed by atoms with Gasteiger partial charge in [-0.05, 0) is 6.26 Å². The van der Waals surface area contributed by atoms with Crippen molar-refractivity contribution in [3.8, 4) is 0 Å². The molecule has 1 aromatic heterocycles. The molecule has 0 atom stereocenters. The van der Waals surface area contributed by atoms with Gasteiger partial charge in [-0.15, -0.1) is 0 Å². The average molecular weight is 312 g/mol. The van der Waals surface area contributed by atoms with Crippen LogP contribution in [0.3, 0.4) is 0 Å². The Morgan fingerprint density at radius 3 is 2.62 bits per heavy atom. The maximum Gasteiger partial charge on any atom is 0.266 e. The van der Waals surface area contributed by atoms with Gasteiger partial charge in [0.25, 0.3) is 11.1 Å². The Labute approximate surface area is 126 Å². The maximum atomic E-state index is 12.2. The lowest BCUT2D eigenvalue weighted by molar-refractivity contribution is -0.132. The minimum Gasteiger partial charge on any atom is -0.340 e. The standard InChI is InChI=1S/C13H20N4O3S/c1-21-7-6-16-2-4-17(5-3-16)12(19)9-10-8-11(18)14-15-13(10)20/h8H,2-7,9H2,1H3,(H,14,18)(H,15,20). The fourth-order valence-corrected chi connectivity index (χ4v) is 2.75. The van der Waals surface area contributed by atoms with Crippen molar-refractivity contribution >= 4 is 17.7 Å². The molecule has 2 heterocycles. The molecule has 0 aromatic carbocycles. The number of aromatic amines is 2. The number of aromatic nitrogens is 2. The smallest absolute Gasteiger partial charge is 0.266 e. The summed E-state index contributed by atoms with van der Waals surface area (Å²) in [6.07, 6.45) is 2.06. The highest BCUT2D eigenvalue weighted by atomic mass is 32.2. The number of hydrogen-bond acceptors (Lipinski definition) is 5. The number of hydrogen-bond donors (Lipinski definition) is 2.